The van der Waals surface area contributed by atoms with Gasteiger partial charge in [-0.15, -0.1) is 11.6 Å². The molecule has 2 amide bonds. The lowest BCUT2D eigenvalue weighted by Gasteiger charge is -2.10. The molecule has 4 nitrogen and oxygen atoms in total. The Morgan fingerprint density at radius 3 is 2.58 bits per heavy atom. The van der Waals surface area contributed by atoms with Crippen molar-refractivity contribution in [3.63, 3.8) is 0 Å². The fourth-order valence-electron chi connectivity index (χ4n) is 1.63. The number of aryl methyl sites for hydroxylation is 1. The van der Waals surface area contributed by atoms with Crippen LogP contribution in [0.5, 0.6) is 0 Å². The van der Waals surface area contributed by atoms with Gasteiger partial charge in [0.15, 0.2) is 0 Å². The number of alkyl halides is 1. The number of unbranched alkanes of at least 4 members (excludes halogenated alkanes) is 1. The lowest BCUT2D eigenvalue weighted by molar-refractivity contribution is -0.116. The number of amides is 2. The average molecular weight is 283 g/mol. The summed E-state index contributed by atoms with van der Waals surface area (Å²) < 4.78 is 0. The van der Waals surface area contributed by atoms with Crippen LogP contribution in [0.25, 0.3) is 0 Å². The molecule has 1 rings (SSSR count). The molecule has 0 saturated carbocycles. The van der Waals surface area contributed by atoms with Crippen LogP contribution in [-0.2, 0) is 9.59 Å². The van der Waals surface area contributed by atoms with E-state index in [1.807, 2.05) is 19.1 Å². The Hall–Kier alpha value is -1.55. The Balaban J connectivity index is 2.63. The maximum atomic E-state index is 11.7. The van der Waals surface area contributed by atoms with Gasteiger partial charge in [0.25, 0.3) is 0 Å². The molecule has 0 radical (unpaired) electrons. The van der Waals surface area contributed by atoms with Crippen LogP contribution in [0.3, 0.4) is 0 Å². The molecule has 1 aromatic rings. The van der Waals surface area contributed by atoms with Crippen molar-refractivity contribution in [2.24, 2.45) is 0 Å². The number of rotatable bonds is 6. The Morgan fingerprint density at radius 1 is 1.21 bits per heavy atom. The first-order chi connectivity index (χ1) is 9.02. The van der Waals surface area contributed by atoms with E-state index < -0.39 is 0 Å². The molecule has 0 atom stereocenters. The van der Waals surface area contributed by atoms with Gasteiger partial charge in [-0.3, -0.25) is 9.59 Å². The zero-order valence-electron chi connectivity index (χ0n) is 11.3. The molecule has 0 aliphatic rings. The number of nitrogens with one attached hydrogen (secondary N) is 2. The molecule has 1 aromatic carbocycles. The smallest absolute Gasteiger partial charge is 0.224 e. The minimum atomic E-state index is -0.131. The molecular formula is C14H19ClN2O2. The van der Waals surface area contributed by atoms with Crippen molar-refractivity contribution >= 4 is 34.8 Å². The number of halogens is 1. The predicted molar refractivity (Wildman–Crippen MR) is 78.7 cm³/mol. The lowest BCUT2D eigenvalue weighted by atomic mass is 10.1. The molecule has 104 valence electrons. The van der Waals surface area contributed by atoms with Crippen molar-refractivity contribution in [3.05, 3.63) is 23.8 Å². The average Bonchev–Trinajstić information content (AvgIpc) is 2.33. The van der Waals surface area contributed by atoms with Crippen LogP contribution in [0, 0.1) is 6.92 Å². The standard InChI is InChI=1S/C14H19ClN2O2/c1-10-6-7-12(9-13(10)16-11(2)18)17-14(19)5-3-4-8-15/h6-7,9H,3-5,8H2,1-2H3,(H,16,18)(H,17,19). The monoisotopic (exact) mass is 282 g/mol. The van der Waals surface area contributed by atoms with Crippen LogP contribution < -0.4 is 10.6 Å². The van der Waals surface area contributed by atoms with Crippen LogP contribution in [0.1, 0.15) is 31.7 Å². The van der Waals surface area contributed by atoms with Crippen molar-refractivity contribution in [1.29, 1.82) is 0 Å². The molecule has 0 spiro atoms. The van der Waals surface area contributed by atoms with Crippen molar-refractivity contribution in [2.45, 2.75) is 33.1 Å². The Morgan fingerprint density at radius 2 is 1.95 bits per heavy atom. The zero-order chi connectivity index (χ0) is 14.3. The maximum Gasteiger partial charge on any atom is 0.224 e. The van der Waals surface area contributed by atoms with Crippen LogP contribution in [-0.4, -0.2) is 17.7 Å². The van der Waals surface area contributed by atoms with E-state index in [2.05, 4.69) is 10.6 Å². The van der Waals surface area contributed by atoms with Gasteiger partial charge in [-0.1, -0.05) is 6.07 Å². The first-order valence-electron chi connectivity index (χ1n) is 6.27. The first-order valence-corrected chi connectivity index (χ1v) is 6.80. The van der Waals surface area contributed by atoms with Gasteiger partial charge >= 0.3 is 0 Å². The largest absolute Gasteiger partial charge is 0.326 e. The molecule has 0 aliphatic carbocycles. The van der Waals surface area contributed by atoms with E-state index in [9.17, 15) is 9.59 Å². The van der Waals surface area contributed by atoms with Gasteiger partial charge < -0.3 is 10.6 Å². The Kier molecular flexibility index (Phi) is 6.36. The summed E-state index contributed by atoms with van der Waals surface area (Å²) >= 11 is 5.56. The van der Waals surface area contributed by atoms with Crippen molar-refractivity contribution in [3.8, 4) is 0 Å². The molecule has 19 heavy (non-hydrogen) atoms. The third-order valence-corrected chi connectivity index (χ3v) is 2.89. The predicted octanol–water partition coefficient (Wildman–Crippen LogP) is 3.30. The summed E-state index contributed by atoms with van der Waals surface area (Å²) in [5, 5.41) is 5.54. The fraction of sp³-hybridized carbons (Fsp3) is 0.429. The molecule has 2 N–H and O–H groups in total. The number of anilines is 2. The summed E-state index contributed by atoms with van der Waals surface area (Å²) in [7, 11) is 0. The molecule has 5 heteroatoms. The fourth-order valence-corrected chi connectivity index (χ4v) is 1.82. The van der Waals surface area contributed by atoms with Crippen molar-refractivity contribution in [2.75, 3.05) is 16.5 Å². The van der Waals surface area contributed by atoms with Gasteiger partial charge in [0.2, 0.25) is 11.8 Å². The SMILES string of the molecule is CC(=O)Nc1cc(NC(=O)CCCCCl)ccc1C. The maximum absolute atomic E-state index is 11.7. The molecule has 0 aromatic heterocycles. The van der Waals surface area contributed by atoms with Gasteiger partial charge in [0.05, 0.1) is 0 Å². The molecule has 0 saturated heterocycles. The highest BCUT2D eigenvalue weighted by Crippen LogP contribution is 2.20. The van der Waals surface area contributed by atoms with E-state index in [4.69, 9.17) is 11.6 Å². The van der Waals surface area contributed by atoms with E-state index in [1.54, 1.807) is 6.07 Å². The summed E-state index contributed by atoms with van der Waals surface area (Å²) in [5.41, 5.74) is 2.35. The number of hydrogen-bond donors (Lipinski definition) is 2. The Bertz CT molecular complexity index is 461. The van der Waals surface area contributed by atoms with Gasteiger partial charge in [-0.2, -0.15) is 0 Å². The number of benzene rings is 1. The van der Waals surface area contributed by atoms with Crippen LogP contribution in [0.15, 0.2) is 18.2 Å². The molecule has 0 bridgehead atoms. The summed E-state index contributed by atoms with van der Waals surface area (Å²) in [6.45, 7) is 3.36. The quantitative estimate of drug-likeness (QED) is 0.621. The number of carbonyl (C=O) groups is 2. The summed E-state index contributed by atoms with van der Waals surface area (Å²) in [4.78, 5) is 22.7. The van der Waals surface area contributed by atoms with Crippen molar-refractivity contribution in [1.82, 2.24) is 0 Å². The van der Waals surface area contributed by atoms with E-state index in [0.29, 0.717) is 23.7 Å². The normalized spacial score (nSPS) is 10.1. The molecule has 0 fully saturated rings. The second-order valence-corrected chi connectivity index (χ2v) is 4.78. The number of carbonyl (C=O) groups excluding carboxylic acids is 2. The summed E-state index contributed by atoms with van der Waals surface area (Å²) in [5.74, 6) is 0.404. The number of hydrogen-bond acceptors (Lipinski definition) is 2. The lowest BCUT2D eigenvalue weighted by Crippen LogP contribution is -2.12. The van der Waals surface area contributed by atoms with Gasteiger partial charge in [-0.25, -0.2) is 0 Å². The molecule has 0 heterocycles. The van der Waals surface area contributed by atoms with Gasteiger partial charge in [-0.05, 0) is 37.5 Å². The van der Waals surface area contributed by atoms with Crippen molar-refractivity contribution < 1.29 is 9.59 Å². The van der Waals surface area contributed by atoms with Gasteiger partial charge in [0.1, 0.15) is 0 Å². The molecule has 0 unspecified atom stereocenters. The minimum Gasteiger partial charge on any atom is -0.326 e. The summed E-state index contributed by atoms with van der Waals surface area (Å²) in [6, 6.07) is 5.44. The van der Waals surface area contributed by atoms with E-state index in [-0.39, 0.29) is 11.8 Å². The highest BCUT2D eigenvalue weighted by Gasteiger charge is 2.05. The van der Waals surface area contributed by atoms with E-state index >= 15 is 0 Å². The second kappa shape index (κ2) is 7.79. The van der Waals surface area contributed by atoms with Crippen LogP contribution in [0.2, 0.25) is 0 Å². The minimum absolute atomic E-state index is 0.0391. The molecular weight excluding hydrogens is 264 g/mol. The van der Waals surface area contributed by atoms with E-state index in [1.165, 1.54) is 6.92 Å². The second-order valence-electron chi connectivity index (χ2n) is 4.41. The van der Waals surface area contributed by atoms with E-state index in [0.717, 1.165) is 18.4 Å². The third kappa shape index (κ3) is 5.75. The zero-order valence-corrected chi connectivity index (χ0v) is 12.0. The molecule has 0 aliphatic heterocycles. The topological polar surface area (TPSA) is 58.2 Å². The van der Waals surface area contributed by atoms with Gasteiger partial charge in [0, 0.05) is 30.6 Å². The highest BCUT2D eigenvalue weighted by molar-refractivity contribution is 6.17. The highest BCUT2D eigenvalue weighted by atomic mass is 35.5. The first kappa shape index (κ1) is 15.5. The third-order valence-electron chi connectivity index (χ3n) is 2.62. The summed E-state index contributed by atoms with van der Waals surface area (Å²) in [6.07, 6.45) is 2.07. The Labute approximate surface area is 118 Å². The van der Waals surface area contributed by atoms with Crippen LogP contribution >= 0.6 is 11.6 Å². The van der Waals surface area contributed by atoms with Crippen LogP contribution in [0.4, 0.5) is 11.4 Å².